The molecule has 0 aliphatic heterocycles. The van der Waals surface area contributed by atoms with Gasteiger partial charge in [-0.1, -0.05) is 23.2 Å². The molecular formula is C2HCl4. The van der Waals surface area contributed by atoms with Gasteiger partial charge in [-0.2, -0.15) is 0 Å². The highest BCUT2D eigenvalue weighted by Gasteiger charge is 2.08. The lowest BCUT2D eigenvalue weighted by atomic mass is 10.9. The molecule has 6 heavy (non-hydrogen) atoms. The second-order valence-electron chi connectivity index (χ2n) is 0.590. The fourth-order valence-corrected chi connectivity index (χ4v) is 0. The monoisotopic (exact) mass is 165 g/mol. The molecule has 0 saturated carbocycles. The summed E-state index contributed by atoms with van der Waals surface area (Å²) >= 11 is 20.2. The molecule has 0 N–H and O–H groups in total. The molecule has 0 spiro atoms. The van der Waals surface area contributed by atoms with Crippen molar-refractivity contribution < 1.29 is 0 Å². The number of hydrogen-bond donors (Lipinski definition) is 0. The smallest absolute Gasteiger partial charge is 0.102 e. The van der Waals surface area contributed by atoms with E-state index in [1.54, 1.807) is 0 Å². The van der Waals surface area contributed by atoms with Gasteiger partial charge in [0.1, 0.15) is 4.84 Å². The lowest BCUT2D eigenvalue weighted by Gasteiger charge is -1.93. The second kappa shape index (κ2) is 3.20. The lowest BCUT2D eigenvalue weighted by molar-refractivity contribution is 1.50. The minimum absolute atomic E-state index is 0.0154. The van der Waals surface area contributed by atoms with Gasteiger partial charge >= 0.3 is 0 Å². The Kier molecular flexibility index (Phi) is 3.82. The normalized spacial score (nSPS) is 11.0. The Bertz CT molecular complexity index is 26.5. The minimum atomic E-state index is -0.756. The minimum Gasteiger partial charge on any atom is -0.102 e. The maximum atomic E-state index is 5.08. The molecule has 0 bridgehead atoms. The molecule has 0 fully saturated rings. The van der Waals surface area contributed by atoms with Crippen molar-refractivity contribution in [1.82, 2.24) is 0 Å². The van der Waals surface area contributed by atoms with E-state index in [2.05, 4.69) is 0 Å². The van der Waals surface area contributed by atoms with Crippen LogP contribution in [0.3, 0.4) is 0 Å². The van der Waals surface area contributed by atoms with Crippen molar-refractivity contribution in [1.29, 1.82) is 0 Å². The van der Waals surface area contributed by atoms with Crippen LogP contribution in [0.15, 0.2) is 0 Å². The number of halogens is 4. The SMILES string of the molecule is Cl[C](Cl)C(Cl)Cl. The van der Waals surface area contributed by atoms with Crippen LogP contribution in [0, 0.1) is 4.84 Å². The zero-order valence-electron chi connectivity index (χ0n) is 2.59. The fraction of sp³-hybridized carbons (Fsp3) is 0.500. The first-order valence-electron chi connectivity index (χ1n) is 1.10. The Morgan fingerprint density at radius 2 is 1.33 bits per heavy atom. The Morgan fingerprint density at radius 3 is 1.33 bits per heavy atom. The molecule has 0 amide bonds. The molecule has 0 unspecified atom stereocenters. The Balaban J connectivity index is 2.99. The molecular weight excluding hydrogens is 166 g/mol. The van der Waals surface area contributed by atoms with Gasteiger partial charge < -0.3 is 0 Å². The highest BCUT2D eigenvalue weighted by molar-refractivity contribution is 6.62. The Morgan fingerprint density at radius 1 is 1.17 bits per heavy atom. The number of alkyl halides is 2. The molecule has 4 heteroatoms. The molecule has 0 aliphatic rings. The van der Waals surface area contributed by atoms with Gasteiger partial charge in [-0.3, -0.25) is 0 Å². The van der Waals surface area contributed by atoms with Gasteiger partial charge in [0.25, 0.3) is 0 Å². The highest BCUT2D eigenvalue weighted by Crippen LogP contribution is 2.24. The van der Waals surface area contributed by atoms with E-state index in [9.17, 15) is 0 Å². The van der Waals surface area contributed by atoms with Crippen LogP contribution >= 0.6 is 46.4 Å². The first kappa shape index (κ1) is 7.16. The summed E-state index contributed by atoms with van der Waals surface area (Å²) in [5, 5.41) is 0. The predicted octanol–water partition coefficient (Wildman–Crippen LogP) is 2.76. The largest absolute Gasteiger partial charge is 0.183 e. The van der Waals surface area contributed by atoms with E-state index >= 15 is 0 Å². The zero-order chi connectivity index (χ0) is 5.15. The maximum absolute atomic E-state index is 5.08. The summed E-state index contributed by atoms with van der Waals surface area (Å²) in [6, 6.07) is 0. The summed E-state index contributed by atoms with van der Waals surface area (Å²) in [6.07, 6.45) is 0. The van der Waals surface area contributed by atoms with E-state index in [0.717, 1.165) is 0 Å². The van der Waals surface area contributed by atoms with Crippen LogP contribution in [0.2, 0.25) is 0 Å². The summed E-state index contributed by atoms with van der Waals surface area (Å²) in [7, 11) is 0. The van der Waals surface area contributed by atoms with Crippen molar-refractivity contribution in [3.05, 3.63) is 4.84 Å². The van der Waals surface area contributed by atoms with Gasteiger partial charge in [-0.05, 0) is 0 Å². The molecule has 0 rings (SSSR count). The third-order valence-corrected chi connectivity index (χ3v) is 1.48. The molecule has 0 nitrogen and oxygen atoms in total. The molecule has 0 heterocycles. The Hall–Kier alpha value is 1.16. The van der Waals surface area contributed by atoms with Crippen molar-refractivity contribution >= 4 is 46.4 Å². The van der Waals surface area contributed by atoms with Gasteiger partial charge in [-0.15, -0.1) is 23.2 Å². The van der Waals surface area contributed by atoms with E-state index in [1.165, 1.54) is 0 Å². The lowest BCUT2D eigenvalue weighted by Crippen LogP contribution is -1.86. The van der Waals surface area contributed by atoms with Crippen molar-refractivity contribution in [3.8, 4) is 0 Å². The van der Waals surface area contributed by atoms with E-state index in [1.807, 2.05) is 0 Å². The molecule has 0 aliphatic carbocycles. The Labute approximate surface area is 56.3 Å². The average molecular weight is 167 g/mol. The predicted molar refractivity (Wildman–Crippen MR) is 30.4 cm³/mol. The van der Waals surface area contributed by atoms with Gasteiger partial charge in [0.2, 0.25) is 0 Å². The summed E-state index contributed by atoms with van der Waals surface area (Å²) in [6.45, 7) is 0. The van der Waals surface area contributed by atoms with Gasteiger partial charge in [0.05, 0.1) is 0 Å². The van der Waals surface area contributed by atoms with Crippen LogP contribution in [0.4, 0.5) is 0 Å². The highest BCUT2D eigenvalue weighted by atomic mass is 35.5. The van der Waals surface area contributed by atoms with Crippen molar-refractivity contribution in [2.75, 3.05) is 0 Å². The van der Waals surface area contributed by atoms with Gasteiger partial charge in [0.15, 0.2) is 4.84 Å². The van der Waals surface area contributed by atoms with E-state index in [-0.39, 0.29) is 4.84 Å². The number of rotatable bonds is 1. The van der Waals surface area contributed by atoms with Gasteiger partial charge in [-0.25, -0.2) is 0 Å². The third-order valence-electron chi connectivity index (χ3n) is 0.165. The maximum Gasteiger partial charge on any atom is 0.183 e. The second-order valence-corrected chi connectivity index (χ2v) is 2.69. The molecule has 0 aromatic heterocycles. The molecule has 1 radical (unpaired) electrons. The molecule has 0 aromatic carbocycles. The fourth-order valence-electron chi connectivity index (χ4n) is 0. The number of hydrogen-bond acceptors (Lipinski definition) is 0. The summed E-state index contributed by atoms with van der Waals surface area (Å²) in [5.74, 6) is 0. The third kappa shape index (κ3) is 3.35. The first-order chi connectivity index (χ1) is 2.64. The van der Waals surface area contributed by atoms with Gasteiger partial charge in [0, 0.05) is 0 Å². The quantitative estimate of drug-likeness (QED) is 0.526. The summed E-state index contributed by atoms with van der Waals surface area (Å²) in [5.41, 5.74) is 0. The molecule has 0 saturated heterocycles. The average Bonchev–Trinajstić information content (AvgIpc) is 1.36. The van der Waals surface area contributed by atoms with E-state index in [0.29, 0.717) is 0 Å². The van der Waals surface area contributed by atoms with E-state index < -0.39 is 4.84 Å². The van der Waals surface area contributed by atoms with Crippen LogP contribution in [0.25, 0.3) is 0 Å². The van der Waals surface area contributed by atoms with Crippen LogP contribution in [-0.4, -0.2) is 4.84 Å². The van der Waals surface area contributed by atoms with Crippen LogP contribution < -0.4 is 0 Å². The van der Waals surface area contributed by atoms with Crippen molar-refractivity contribution in [2.24, 2.45) is 0 Å². The first-order valence-corrected chi connectivity index (χ1v) is 2.73. The van der Waals surface area contributed by atoms with Crippen LogP contribution in [0.5, 0.6) is 0 Å². The summed E-state index contributed by atoms with van der Waals surface area (Å²) < 4.78 is 0. The molecule has 0 atom stereocenters. The summed E-state index contributed by atoms with van der Waals surface area (Å²) in [4.78, 5) is -0.772. The van der Waals surface area contributed by atoms with Crippen LogP contribution in [0.1, 0.15) is 0 Å². The molecule has 37 valence electrons. The standard InChI is InChI=1S/C2HCl4/c3-1(4)2(5)6/h1H. The van der Waals surface area contributed by atoms with Crippen molar-refractivity contribution in [3.63, 3.8) is 0 Å². The topological polar surface area (TPSA) is 0 Å². The van der Waals surface area contributed by atoms with E-state index in [4.69, 9.17) is 46.4 Å². The zero-order valence-corrected chi connectivity index (χ0v) is 5.61. The molecule has 0 aromatic rings. The van der Waals surface area contributed by atoms with Crippen LogP contribution in [-0.2, 0) is 0 Å². The van der Waals surface area contributed by atoms with Crippen molar-refractivity contribution in [2.45, 2.75) is 4.84 Å².